The maximum atomic E-state index is 11.0. The van der Waals surface area contributed by atoms with E-state index in [2.05, 4.69) is 10.9 Å². The molecule has 0 aliphatic carbocycles. The Balaban J connectivity index is 4.19. The Labute approximate surface area is 88.6 Å². The van der Waals surface area contributed by atoms with Crippen LogP contribution in [0.5, 0.6) is 0 Å². The van der Waals surface area contributed by atoms with E-state index in [-0.39, 0.29) is 5.92 Å². The molecule has 0 aromatic heterocycles. The standard InChI is InChI=1S/C9H18N2O4/c1-4-5(2)7(9(14)15)10-11-8(13)6(3)12/h5-7,10,12H,4H2,1-3H3,(H,11,13)(H,14,15)/t5-,6?,7-/m0/s1. The molecule has 0 saturated heterocycles. The number of aliphatic hydroxyl groups excluding tert-OH is 1. The number of carbonyl (C=O) groups excluding carboxylic acids is 1. The van der Waals surface area contributed by atoms with Crippen molar-refractivity contribution in [1.29, 1.82) is 0 Å². The molecule has 0 aromatic carbocycles. The lowest BCUT2D eigenvalue weighted by atomic mass is 10.0. The second-order valence-electron chi connectivity index (χ2n) is 3.51. The Kier molecular flexibility index (Phi) is 5.88. The molecular weight excluding hydrogens is 200 g/mol. The molecule has 3 atom stereocenters. The zero-order valence-corrected chi connectivity index (χ0v) is 9.15. The topological polar surface area (TPSA) is 98.7 Å². The number of rotatable bonds is 6. The predicted octanol–water partition coefficient (Wildman–Crippen LogP) is -0.513. The van der Waals surface area contributed by atoms with Gasteiger partial charge in [0.05, 0.1) is 0 Å². The monoisotopic (exact) mass is 218 g/mol. The van der Waals surface area contributed by atoms with E-state index in [9.17, 15) is 9.59 Å². The lowest BCUT2D eigenvalue weighted by Crippen LogP contribution is -2.53. The lowest BCUT2D eigenvalue weighted by Gasteiger charge is -2.20. The van der Waals surface area contributed by atoms with E-state index in [1.54, 1.807) is 6.92 Å². The highest BCUT2D eigenvalue weighted by Gasteiger charge is 2.24. The minimum atomic E-state index is -1.16. The third-order valence-electron chi connectivity index (χ3n) is 2.21. The number of hydrogen-bond acceptors (Lipinski definition) is 4. The molecule has 6 heteroatoms. The molecule has 0 rings (SSSR count). The van der Waals surface area contributed by atoms with Crippen molar-refractivity contribution in [1.82, 2.24) is 10.9 Å². The molecule has 0 aliphatic heterocycles. The lowest BCUT2D eigenvalue weighted by molar-refractivity contribution is -0.142. The summed E-state index contributed by atoms with van der Waals surface area (Å²) < 4.78 is 0. The van der Waals surface area contributed by atoms with Gasteiger partial charge in [0.15, 0.2) is 0 Å². The summed E-state index contributed by atoms with van der Waals surface area (Å²) >= 11 is 0. The van der Waals surface area contributed by atoms with Crippen LogP contribution in [0.1, 0.15) is 27.2 Å². The van der Waals surface area contributed by atoms with Crippen LogP contribution in [0.25, 0.3) is 0 Å². The Hall–Kier alpha value is -1.14. The summed E-state index contributed by atoms with van der Waals surface area (Å²) in [6.07, 6.45) is -0.488. The summed E-state index contributed by atoms with van der Waals surface area (Å²) in [5.41, 5.74) is 4.55. The summed E-state index contributed by atoms with van der Waals surface area (Å²) in [5.74, 6) is -1.79. The van der Waals surface area contributed by atoms with Crippen LogP contribution in [0.15, 0.2) is 0 Å². The first-order valence-electron chi connectivity index (χ1n) is 4.86. The fourth-order valence-electron chi connectivity index (χ4n) is 0.936. The molecule has 4 N–H and O–H groups in total. The maximum absolute atomic E-state index is 11.0. The molecule has 0 fully saturated rings. The van der Waals surface area contributed by atoms with Crippen molar-refractivity contribution < 1.29 is 19.8 Å². The number of aliphatic carboxylic acids is 1. The first kappa shape index (κ1) is 13.9. The number of carboxylic acids is 1. The summed E-state index contributed by atoms with van der Waals surface area (Å²) in [7, 11) is 0. The average molecular weight is 218 g/mol. The Morgan fingerprint density at radius 2 is 1.87 bits per heavy atom. The number of carboxylic acid groups (broad SMARTS) is 1. The van der Waals surface area contributed by atoms with Gasteiger partial charge in [0.2, 0.25) is 0 Å². The number of nitrogens with one attached hydrogen (secondary N) is 2. The summed E-state index contributed by atoms with van der Waals surface area (Å²) in [6.45, 7) is 4.93. The number of hydrogen-bond donors (Lipinski definition) is 4. The Bertz CT molecular complexity index is 230. The van der Waals surface area contributed by atoms with Gasteiger partial charge in [0.25, 0.3) is 5.91 Å². The third-order valence-corrected chi connectivity index (χ3v) is 2.21. The van der Waals surface area contributed by atoms with Crippen LogP contribution in [-0.2, 0) is 9.59 Å². The largest absolute Gasteiger partial charge is 0.480 e. The maximum Gasteiger partial charge on any atom is 0.322 e. The molecule has 6 nitrogen and oxygen atoms in total. The fraction of sp³-hybridized carbons (Fsp3) is 0.778. The van der Waals surface area contributed by atoms with Crippen molar-refractivity contribution in [2.75, 3.05) is 0 Å². The van der Waals surface area contributed by atoms with Crippen LogP contribution < -0.4 is 10.9 Å². The molecule has 1 unspecified atom stereocenters. The number of aliphatic hydroxyl groups is 1. The molecule has 0 spiro atoms. The van der Waals surface area contributed by atoms with Gasteiger partial charge in [-0.25, -0.2) is 5.43 Å². The van der Waals surface area contributed by atoms with Crippen molar-refractivity contribution in [3.63, 3.8) is 0 Å². The quantitative estimate of drug-likeness (QED) is 0.450. The van der Waals surface area contributed by atoms with Crippen molar-refractivity contribution in [3.8, 4) is 0 Å². The molecular formula is C9H18N2O4. The molecule has 0 heterocycles. The van der Waals surface area contributed by atoms with Crippen molar-refractivity contribution in [2.24, 2.45) is 5.92 Å². The minimum absolute atomic E-state index is 0.114. The van der Waals surface area contributed by atoms with Gasteiger partial charge >= 0.3 is 5.97 Å². The van der Waals surface area contributed by atoms with E-state index in [0.717, 1.165) is 0 Å². The van der Waals surface area contributed by atoms with Gasteiger partial charge < -0.3 is 10.2 Å². The average Bonchev–Trinajstić information content (AvgIpc) is 2.16. The van der Waals surface area contributed by atoms with Crippen LogP contribution in [0.3, 0.4) is 0 Å². The van der Waals surface area contributed by atoms with Gasteiger partial charge in [-0.3, -0.25) is 15.0 Å². The van der Waals surface area contributed by atoms with E-state index in [1.807, 2.05) is 6.92 Å². The normalized spacial score (nSPS) is 16.5. The van der Waals surface area contributed by atoms with Crippen LogP contribution in [0.2, 0.25) is 0 Å². The molecule has 0 aromatic rings. The van der Waals surface area contributed by atoms with Gasteiger partial charge in [0.1, 0.15) is 12.1 Å². The summed E-state index contributed by atoms with van der Waals surface area (Å²) in [4.78, 5) is 21.8. The van der Waals surface area contributed by atoms with Crippen molar-refractivity contribution in [2.45, 2.75) is 39.3 Å². The molecule has 88 valence electrons. The number of hydrazine groups is 1. The van der Waals surface area contributed by atoms with E-state index in [4.69, 9.17) is 10.2 Å². The van der Waals surface area contributed by atoms with E-state index in [1.165, 1.54) is 6.92 Å². The van der Waals surface area contributed by atoms with Crippen LogP contribution >= 0.6 is 0 Å². The highest BCUT2D eigenvalue weighted by molar-refractivity contribution is 5.80. The number of amides is 1. The molecule has 1 amide bonds. The zero-order chi connectivity index (χ0) is 12.0. The van der Waals surface area contributed by atoms with E-state index in [0.29, 0.717) is 6.42 Å². The highest BCUT2D eigenvalue weighted by atomic mass is 16.4. The third kappa shape index (κ3) is 4.75. The second kappa shape index (κ2) is 6.36. The van der Waals surface area contributed by atoms with E-state index >= 15 is 0 Å². The number of carbonyl (C=O) groups is 2. The predicted molar refractivity (Wildman–Crippen MR) is 53.8 cm³/mol. The second-order valence-corrected chi connectivity index (χ2v) is 3.51. The summed E-state index contributed by atoms with van der Waals surface area (Å²) in [6, 6.07) is -0.849. The van der Waals surface area contributed by atoms with Crippen LogP contribution in [0, 0.1) is 5.92 Å². The minimum Gasteiger partial charge on any atom is -0.480 e. The summed E-state index contributed by atoms with van der Waals surface area (Å²) in [5, 5.41) is 17.7. The first-order chi connectivity index (χ1) is 6.90. The van der Waals surface area contributed by atoms with Crippen LogP contribution in [-0.4, -0.2) is 34.2 Å². The van der Waals surface area contributed by atoms with Gasteiger partial charge in [-0.05, 0) is 12.8 Å². The van der Waals surface area contributed by atoms with Gasteiger partial charge in [-0.2, -0.15) is 0 Å². The molecule has 0 saturated carbocycles. The van der Waals surface area contributed by atoms with Crippen molar-refractivity contribution >= 4 is 11.9 Å². The van der Waals surface area contributed by atoms with Gasteiger partial charge in [-0.15, -0.1) is 0 Å². The highest BCUT2D eigenvalue weighted by Crippen LogP contribution is 2.06. The molecule has 0 bridgehead atoms. The van der Waals surface area contributed by atoms with Gasteiger partial charge in [0, 0.05) is 0 Å². The smallest absolute Gasteiger partial charge is 0.322 e. The van der Waals surface area contributed by atoms with Crippen LogP contribution in [0.4, 0.5) is 0 Å². The first-order valence-corrected chi connectivity index (χ1v) is 4.86. The Morgan fingerprint density at radius 3 is 2.20 bits per heavy atom. The SMILES string of the molecule is CC[C@H](C)[C@H](NNC(=O)C(C)O)C(=O)O. The van der Waals surface area contributed by atoms with E-state index < -0.39 is 24.0 Å². The fourth-order valence-corrected chi connectivity index (χ4v) is 0.936. The Morgan fingerprint density at radius 1 is 1.33 bits per heavy atom. The molecule has 0 radical (unpaired) electrons. The van der Waals surface area contributed by atoms with Crippen molar-refractivity contribution in [3.05, 3.63) is 0 Å². The zero-order valence-electron chi connectivity index (χ0n) is 9.15. The molecule has 0 aliphatic rings. The van der Waals surface area contributed by atoms with Gasteiger partial charge in [-0.1, -0.05) is 20.3 Å². The molecule has 15 heavy (non-hydrogen) atoms.